The normalized spacial score (nSPS) is 20.4. The lowest BCUT2D eigenvalue weighted by molar-refractivity contribution is -0.384. The molecule has 8 nitrogen and oxygen atoms in total. The van der Waals surface area contributed by atoms with Crippen LogP contribution in [0.2, 0.25) is 0 Å². The Balaban J connectivity index is 1.41. The zero-order valence-electron chi connectivity index (χ0n) is 15.5. The second-order valence-corrected chi connectivity index (χ2v) is 7.98. The number of nitrogens with zero attached hydrogens (tertiary/aromatic N) is 4. The van der Waals surface area contributed by atoms with E-state index in [1.54, 1.807) is 24.3 Å². The van der Waals surface area contributed by atoms with Gasteiger partial charge in [-0.25, -0.2) is 4.90 Å². The number of piperazine rings is 1. The van der Waals surface area contributed by atoms with E-state index in [0.717, 1.165) is 10.2 Å². The summed E-state index contributed by atoms with van der Waals surface area (Å²) in [6.07, 6.45) is 0.187. The summed E-state index contributed by atoms with van der Waals surface area (Å²) >= 11 is 3.36. The minimum absolute atomic E-state index is 0.0653. The SMILES string of the molecule is O=C1C[C@@H](N2CCN(c3ccc([N+](=O)[O-])cc3)CC2)C(=O)N1c1ccc(Br)cc1. The van der Waals surface area contributed by atoms with Gasteiger partial charge in [-0.05, 0) is 36.4 Å². The average Bonchev–Trinajstić information content (AvgIpc) is 3.03. The molecule has 2 fully saturated rings. The van der Waals surface area contributed by atoms with E-state index in [2.05, 4.69) is 25.7 Å². The van der Waals surface area contributed by atoms with Crippen LogP contribution in [0.4, 0.5) is 17.1 Å². The first-order valence-electron chi connectivity index (χ1n) is 9.30. The Morgan fingerprint density at radius 1 is 0.897 bits per heavy atom. The van der Waals surface area contributed by atoms with E-state index in [4.69, 9.17) is 0 Å². The Morgan fingerprint density at radius 3 is 2.07 bits per heavy atom. The van der Waals surface area contributed by atoms with Gasteiger partial charge in [-0.2, -0.15) is 0 Å². The molecule has 0 spiro atoms. The number of nitro groups is 1. The molecule has 9 heteroatoms. The maximum Gasteiger partial charge on any atom is 0.269 e. The van der Waals surface area contributed by atoms with Crippen LogP contribution >= 0.6 is 15.9 Å². The van der Waals surface area contributed by atoms with E-state index < -0.39 is 11.0 Å². The number of imide groups is 1. The Hall–Kier alpha value is -2.78. The van der Waals surface area contributed by atoms with E-state index in [-0.39, 0.29) is 23.9 Å². The van der Waals surface area contributed by atoms with Crippen LogP contribution in [0.1, 0.15) is 6.42 Å². The fourth-order valence-corrected chi connectivity index (χ4v) is 4.10. The second-order valence-electron chi connectivity index (χ2n) is 7.06. The molecule has 29 heavy (non-hydrogen) atoms. The van der Waals surface area contributed by atoms with E-state index in [1.807, 2.05) is 12.1 Å². The fourth-order valence-electron chi connectivity index (χ4n) is 3.84. The minimum atomic E-state index is -0.440. The van der Waals surface area contributed by atoms with Crippen molar-refractivity contribution in [2.24, 2.45) is 0 Å². The predicted octanol–water partition coefficient (Wildman–Crippen LogP) is 2.81. The quantitative estimate of drug-likeness (QED) is 0.397. The van der Waals surface area contributed by atoms with Crippen LogP contribution in [0, 0.1) is 10.1 Å². The number of halogens is 1. The number of carbonyl (C=O) groups excluding carboxylic acids is 2. The van der Waals surface area contributed by atoms with Crippen molar-refractivity contribution in [3.8, 4) is 0 Å². The number of benzene rings is 2. The Kier molecular flexibility index (Phi) is 5.33. The van der Waals surface area contributed by atoms with Crippen LogP contribution in [0.25, 0.3) is 0 Å². The Morgan fingerprint density at radius 2 is 1.48 bits per heavy atom. The molecule has 0 N–H and O–H groups in total. The summed E-state index contributed by atoms with van der Waals surface area (Å²) in [5, 5.41) is 10.8. The number of anilines is 2. The van der Waals surface area contributed by atoms with E-state index in [1.165, 1.54) is 17.0 Å². The maximum absolute atomic E-state index is 12.9. The van der Waals surface area contributed by atoms with Crippen molar-refractivity contribution in [3.05, 3.63) is 63.1 Å². The number of nitro benzene ring substituents is 1. The van der Waals surface area contributed by atoms with Crippen LogP contribution < -0.4 is 9.80 Å². The van der Waals surface area contributed by atoms with E-state index >= 15 is 0 Å². The lowest BCUT2D eigenvalue weighted by Crippen LogP contribution is -2.52. The molecule has 1 atom stereocenters. The summed E-state index contributed by atoms with van der Waals surface area (Å²) in [4.78, 5) is 41.3. The van der Waals surface area contributed by atoms with Crippen molar-refractivity contribution in [2.45, 2.75) is 12.5 Å². The van der Waals surface area contributed by atoms with Gasteiger partial charge < -0.3 is 4.90 Å². The standard InChI is InChI=1S/C20H19BrN4O4/c21-14-1-3-16(4-2-14)24-19(26)13-18(20(24)27)23-11-9-22(10-12-23)15-5-7-17(8-6-15)25(28)29/h1-8,18H,9-13H2/t18-/m1/s1. The van der Waals surface area contributed by atoms with Gasteiger partial charge in [0.1, 0.15) is 0 Å². The van der Waals surface area contributed by atoms with Gasteiger partial charge in [-0.15, -0.1) is 0 Å². The van der Waals surface area contributed by atoms with Crippen molar-refractivity contribution in [2.75, 3.05) is 36.0 Å². The lowest BCUT2D eigenvalue weighted by atomic mass is 10.1. The smallest absolute Gasteiger partial charge is 0.269 e. The number of hydrogen-bond acceptors (Lipinski definition) is 6. The molecule has 0 radical (unpaired) electrons. The molecule has 0 saturated carbocycles. The van der Waals surface area contributed by atoms with Crippen molar-refractivity contribution in [3.63, 3.8) is 0 Å². The third-order valence-corrected chi connectivity index (χ3v) is 5.92. The third kappa shape index (κ3) is 3.88. The van der Waals surface area contributed by atoms with E-state index in [0.29, 0.717) is 31.9 Å². The first kappa shape index (κ1) is 19.5. The Labute approximate surface area is 176 Å². The van der Waals surface area contributed by atoms with Gasteiger partial charge in [0.05, 0.1) is 23.1 Å². The summed E-state index contributed by atoms with van der Waals surface area (Å²) in [6, 6.07) is 13.2. The van der Waals surface area contributed by atoms with Gasteiger partial charge in [0.2, 0.25) is 5.91 Å². The highest BCUT2D eigenvalue weighted by Gasteiger charge is 2.43. The number of rotatable bonds is 4. The molecular formula is C20H19BrN4O4. The van der Waals surface area contributed by atoms with Gasteiger partial charge in [-0.3, -0.25) is 24.6 Å². The molecule has 2 aliphatic heterocycles. The number of hydrogen-bond donors (Lipinski definition) is 0. The number of amides is 2. The highest BCUT2D eigenvalue weighted by Crippen LogP contribution is 2.28. The molecule has 2 saturated heterocycles. The van der Waals surface area contributed by atoms with Crippen LogP contribution in [0.3, 0.4) is 0 Å². The number of non-ortho nitro benzene ring substituents is 1. The summed E-state index contributed by atoms with van der Waals surface area (Å²) in [6.45, 7) is 2.67. The molecule has 0 bridgehead atoms. The zero-order valence-corrected chi connectivity index (χ0v) is 17.1. The van der Waals surface area contributed by atoms with Gasteiger partial charge in [0.25, 0.3) is 11.6 Å². The van der Waals surface area contributed by atoms with Crippen molar-refractivity contribution in [1.82, 2.24) is 4.90 Å². The molecule has 0 aliphatic carbocycles. The monoisotopic (exact) mass is 458 g/mol. The zero-order chi connectivity index (χ0) is 20.5. The summed E-state index contributed by atoms with van der Waals surface area (Å²) in [5.41, 5.74) is 1.58. The molecule has 2 aromatic carbocycles. The maximum atomic E-state index is 12.9. The van der Waals surface area contributed by atoms with Crippen LogP contribution in [-0.2, 0) is 9.59 Å². The van der Waals surface area contributed by atoms with E-state index in [9.17, 15) is 19.7 Å². The van der Waals surface area contributed by atoms with Crippen LogP contribution in [0.15, 0.2) is 53.0 Å². The van der Waals surface area contributed by atoms with Gasteiger partial charge in [0, 0.05) is 48.5 Å². The molecule has 0 aromatic heterocycles. The predicted molar refractivity (Wildman–Crippen MR) is 112 cm³/mol. The molecule has 2 aliphatic rings. The van der Waals surface area contributed by atoms with Gasteiger partial charge in [-0.1, -0.05) is 15.9 Å². The topological polar surface area (TPSA) is 87.0 Å². The molecule has 2 heterocycles. The molecule has 150 valence electrons. The molecule has 4 rings (SSSR count). The Bertz CT molecular complexity index is 940. The van der Waals surface area contributed by atoms with Crippen LogP contribution in [0.5, 0.6) is 0 Å². The molecule has 0 unspecified atom stereocenters. The van der Waals surface area contributed by atoms with Gasteiger partial charge in [0.15, 0.2) is 0 Å². The fraction of sp³-hybridized carbons (Fsp3) is 0.300. The first-order chi connectivity index (χ1) is 13.9. The minimum Gasteiger partial charge on any atom is -0.369 e. The third-order valence-electron chi connectivity index (χ3n) is 5.39. The number of carbonyl (C=O) groups is 2. The summed E-state index contributed by atoms with van der Waals surface area (Å²) in [7, 11) is 0. The molecule has 2 amide bonds. The van der Waals surface area contributed by atoms with Crippen LogP contribution in [-0.4, -0.2) is 53.9 Å². The highest BCUT2D eigenvalue weighted by atomic mass is 79.9. The molecular weight excluding hydrogens is 440 g/mol. The highest BCUT2D eigenvalue weighted by molar-refractivity contribution is 9.10. The summed E-state index contributed by atoms with van der Waals surface area (Å²) in [5.74, 6) is -0.360. The largest absolute Gasteiger partial charge is 0.369 e. The van der Waals surface area contributed by atoms with Gasteiger partial charge >= 0.3 is 0 Å². The first-order valence-corrected chi connectivity index (χ1v) is 10.1. The summed E-state index contributed by atoms with van der Waals surface area (Å²) < 4.78 is 0.888. The van der Waals surface area contributed by atoms with Crippen molar-refractivity contribution in [1.29, 1.82) is 0 Å². The second kappa shape index (κ2) is 7.92. The molecule has 2 aromatic rings. The lowest BCUT2D eigenvalue weighted by Gasteiger charge is -2.38. The van der Waals surface area contributed by atoms with Crippen molar-refractivity contribution < 1.29 is 14.5 Å². The van der Waals surface area contributed by atoms with Crippen molar-refractivity contribution >= 4 is 44.8 Å². The average molecular weight is 459 g/mol.